The maximum Gasteiger partial charge on any atom is 0.244 e. The lowest BCUT2D eigenvalue weighted by Crippen LogP contribution is -2.19. The van der Waals surface area contributed by atoms with E-state index in [0.717, 1.165) is 17.0 Å². The molecule has 0 aliphatic heterocycles. The van der Waals surface area contributed by atoms with Crippen LogP contribution in [0.15, 0.2) is 41.8 Å². The van der Waals surface area contributed by atoms with E-state index in [1.807, 2.05) is 29.6 Å². The van der Waals surface area contributed by atoms with Crippen molar-refractivity contribution in [3.63, 3.8) is 0 Å². The van der Waals surface area contributed by atoms with E-state index in [2.05, 4.69) is 41.5 Å². The van der Waals surface area contributed by atoms with E-state index in [4.69, 9.17) is 12.2 Å². The van der Waals surface area contributed by atoms with Crippen molar-refractivity contribution in [2.24, 2.45) is 0 Å². The van der Waals surface area contributed by atoms with E-state index in [1.54, 1.807) is 15.9 Å². The molecule has 3 rings (SSSR count). The summed E-state index contributed by atoms with van der Waals surface area (Å²) in [6.07, 6.45) is 1.09. The maximum atomic E-state index is 12.4. The molecule has 0 aliphatic rings. The van der Waals surface area contributed by atoms with Gasteiger partial charge in [0.25, 0.3) is 0 Å². The van der Waals surface area contributed by atoms with E-state index in [0.29, 0.717) is 16.5 Å². The van der Waals surface area contributed by atoms with Crippen LogP contribution in [-0.4, -0.2) is 20.7 Å². The van der Waals surface area contributed by atoms with Crippen molar-refractivity contribution < 1.29 is 4.79 Å². The second-order valence-corrected chi connectivity index (χ2v) is 7.23. The Morgan fingerprint density at radius 1 is 1.36 bits per heavy atom. The van der Waals surface area contributed by atoms with Gasteiger partial charge in [0.2, 0.25) is 5.91 Å². The van der Waals surface area contributed by atoms with Crippen LogP contribution in [0.1, 0.15) is 31.7 Å². The molecule has 130 valence electrons. The molecule has 3 aromatic rings. The molecule has 1 aromatic carbocycles. The number of nitrogens with zero attached hydrogens (tertiary/aromatic N) is 2. The van der Waals surface area contributed by atoms with Gasteiger partial charge in [0.1, 0.15) is 6.54 Å². The number of amides is 1. The third-order valence-electron chi connectivity index (χ3n) is 4.18. The smallest absolute Gasteiger partial charge is 0.244 e. The Hall–Kier alpha value is -2.25. The second-order valence-electron chi connectivity index (χ2n) is 5.90. The molecule has 1 atom stereocenters. The topological polar surface area (TPSA) is 62.7 Å². The summed E-state index contributed by atoms with van der Waals surface area (Å²) in [6, 6.07) is 11.9. The number of hydrogen-bond acceptors (Lipinski definition) is 4. The lowest BCUT2D eigenvalue weighted by Gasteiger charge is -2.11. The molecular formula is C18H20N4OS2. The number of anilines is 1. The van der Waals surface area contributed by atoms with Crippen LogP contribution >= 0.6 is 23.6 Å². The monoisotopic (exact) mass is 372 g/mol. The third kappa shape index (κ3) is 4.05. The van der Waals surface area contributed by atoms with Crippen LogP contribution in [0, 0.1) is 4.77 Å². The molecule has 0 saturated carbocycles. The number of rotatable bonds is 6. The van der Waals surface area contributed by atoms with E-state index in [-0.39, 0.29) is 12.5 Å². The largest absolute Gasteiger partial charge is 0.325 e. The summed E-state index contributed by atoms with van der Waals surface area (Å²) in [6.45, 7) is 4.48. The van der Waals surface area contributed by atoms with Crippen molar-refractivity contribution in [2.75, 3.05) is 5.32 Å². The van der Waals surface area contributed by atoms with Gasteiger partial charge in [-0.25, -0.2) is 0 Å². The molecular weight excluding hydrogens is 352 g/mol. The molecule has 1 amide bonds. The van der Waals surface area contributed by atoms with E-state index in [9.17, 15) is 4.79 Å². The minimum absolute atomic E-state index is 0.121. The lowest BCUT2D eigenvalue weighted by atomic mass is 9.99. The molecule has 2 heterocycles. The molecule has 0 fully saturated rings. The normalized spacial score (nSPS) is 12.1. The number of benzene rings is 1. The van der Waals surface area contributed by atoms with E-state index in [1.165, 1.54) is 5.56 Å². The van der Waals surface area contributed by atoms with Crippen molar-refractivity contribution in [2.45, 2.75) is 32.7 Å². The van der Waals surface area contributed by atoms with Gasteiger partial charge >= 0.3 is 0 Å². The number of nitrogens with one attached hydrogen (secondary N) is 2. The summed E-state index contributed by atoms with van der Waals surface area (Å²) in [4.78, 5) is 13.4. The standard InChI is InChI=1S/C18H20N4OS2/c1-3-12(2)13-6-8-14(9-7-13)19-16(23)11-22-17(20-21-18(22)24)15-5-4-10-25-15/h4-10,12H,3,11H2,1-2H3,(H,19,23)(H,21,24). The Kier molecular flexibility index (Phi) is 5.45. The summed E-state index contributed by atoms with van der Waals surface area (Å²) in [5, 5.41) is 11.9. The first kappa shape index (κ1) is 17.6. The summed E-state index contributed by atoms with van der Waals surface area (Å²) in [7, 11) is 0. The van der Waals surface area contributed by atoms with Gasteiger partial charge in [0.05, 0.1) is 4.88 Å². The highest BCUT2D eigenvalue weighted by Crippen LogP contribution is 2.23. The van der Waals surface area contributed by atoms with Crippen LogP contribution in [-0.2, 0) is 11.3 Å². The molecule has 0 spiro atoms. The fourth-order valence-electron chi connectivity index (χ4n) is 2.53. The van der Waals surface area contributed by atoms with Gasteiger partial charge in [0.15, 0.2) is 10.6 Å². The molecule has 2 N–H and O–H groups in total. The number of aromatic amines is 1. The average Bonchev–Trinajstić information content (AvgIpc) is 3.25. The zero-order valence-electron chi connectivity index (χ0n) is 14.2. The van der Waals surface area contributed by atoms with E-state index < -0.39 is 0 Å². The Labute approximate surface area is 155 Å². The van der Waals surface area contributed by atoms with E-state index >= 15 is 0 Å². The molecule has 0 bridgehead atoms. The van der Waals surface area contributed by atoms with Gasteiger partial charge in [-0.15, -0.1) is 11.3 Å². The Bertz CT molecular complexity index is 894. The van der Waals surface area contributed by atoms with Crippen molar-refractivity contribution in [3.8, 4) is 10.7 Å². The summed E-state index contributed by atoms with van der Waals surface area (Å²) in [5.41, 5.74) is 2.06. The van der Waals surface area contributed by atoms with Gasteiger partial charge < -0.3 is 5.32 Å². The molecule has 0 saturated heterocycles. The first-order chi connectivity index (χ1) is 12.1. The maximum absolute atomic E-state index is 12.4. The first-order valence-electron chi connectivity index (χ1n) is 8.17. The lowest BCUT2D eigenvalue weighted by molar-refractivity contribution is -0.116. The van der Waals surface area contributed by atoms with Gasteiger partial charge in [-0.3, -0.25) is 14.5 Å². The van der Waals surface area contributed by atoms with Crippen molar-refractivity contribution in [3.05, 3.63) is 52.1 Å². The number of carbonyl (C=O) groups is 1. The average molecular weight is 373 g/mol. The zero-order valence-corrected chi connectivity index (χ0v) is 15.8. The molecule has 7 heteroatoms. The Morgan fingerprint density at radius 2 is 2.12 bits per heavy atom. The fraction of sp³-hybridized carbons (Fsp3) is 0.278. The molecule has 1 unspecified atom stereocenters. The zero-order chi connectivity index (χ0) is 17.8. The number of hydrogen-bond donors (Lipinski definition) is 2. The van der Waals surface area contributed by atoms with Crippen LogP contribution in [0.5, 0.6) is 0 Å². The summed E-state index contributed by atoms with van der Waals surface area (Å²) in [5.74, 6) is 1.07. The molecule has 2 aromatic heterocycles. The summed E-state index contributed by atoms with van der Waals surface area (Å²) < 4.78 is 2.15. The highest BCUT2D eigenvalue weighted by molar-refractivity contribution is 7.71. The van der Waals surface area contributed by atoms with Crippen molar-refractivity contribution in [1.82, 2.24) is 14.8 Å². The van der Waals surface area contributed by atoms with Crippen LogP contribution in [0.3, 0.4) is 0 Å². The Balaban J connectivity index is 1.71. The molecule has 25 heavy (non-hydrogen) atoms. The Morgan fingerprint density at radius 3 is 2.76 bits per heavy atom. The third-order valence-corrected chi connectivity index (χ3v) is 5.35. The number of H-pyrrole nitrogens is 1. The van der Waals surface area contributed by atoms with Crippen molar-refractivity contribution in [1.29, 1.82) is 0 Å². The number of thiophene rings is 1. The van der Waals surface area contributed by atoms with Crippen LogP contribution in [0.25, 0.3) is 10.7 Å². The molecule has 0 aliphatic carbocycles. The SMILES string of the molecule is CCC(C)c1ccc(NC(=O)Cn2c(-c3cccs3)n[nH]c2=S)cc1. The quantitative estimate of drug-likeness (QED) is 0.610. The van der Waals surface area contributed by atoms with Crippen LogP contribution < -0.4 is 5.32 Å². The minimum atomic E-state index is -0.133. The van der Waals surface area contributed by atoms with Gasteiger partial charge in [0, 0.05) is 5.69 Å². The number of carbonyl (C=O) groups excluding carboxylic acids is 1. The van der Waals surface area contributed by atoms with Crippen LogP contribution in [0.4, 0.5) is 5.69 Å². The predicted octanol–water partition coefficient (Wildman–Crippen LogP) is 4.82. The molecule has 0 radical (unpaired) electrons. The van der Waals surface area contributed by atoms with Crippen molar-refractivity contribution >= 4 is 35.1 Å². The molecule has 5 nitrogen and oxygen atoms in total. The van der Waals surface area contributed by atoms with Gasteiger partial charge in [-0.1, -0.05) is 32.0 Å². The minimum Gasteiger partial charge on any atom is -0.325 e. The highest BCUT2D eigenvalue weighted by Gasteiger charge is 2.13. The predicted molar refractivity (Wildman–Crippen MR) is 105 cm³/mol. The first-order valence-corrected chi connectivity index (χ1v) is 9.46. The number of aromatic nitrogens is 3. The highest BCUT2D eigenvalue weighted by atomic mass is 32.1. The van der Waals surface area contributed by atoms with Gasteiger partial charge in [-0.05, 0) is 53.7 Å². The fourth-order valence-corrected chi connectivity index (χ4v) is 3.45. The second kappa shape index (κ2) is 7.76. The van der Waals surface area contributed by atoms with Gasteiger partial charge in [-0.2, -0.15) is 5.10 Å². The van der Waals surface area contributed by atoms with Crippen LogP contribution in [0.2, 0.25) is 0 Å². The summed E-state index contributed by atoms with van der Waals surface area (Å²) >= 11 is 6.82.